The number of benzene rings is 2. The molecule has 40 heavy (non-hydrogen) atoms. The summed E-state index contributed by atoms with van der Waals surface area (Å²) in [6.07, 6.45) is -2.42. The van der Waals surface area contributed by atoms with Crippen molar-refractivity contribution < 1.29 is 27.4 Å². The zero-order chi connectivity index (χ0) is 28.4. The van der Waals surface area contributed by atoms with Crippen LogP contribution in [0.1, 0.15) is 29.3 Å². The van der Waals surface area contributed by atoms with Gasteiger partial charge < -0.3 is 29.9 Å². The van der Waals surface area contributed by atoms with Crippen LogP contribution in [0, 0.1) is 0 Å². The van der Waals surface area contributed by atoms with Crippen LogP contribution in [-0.2, 0) is 6.18 Å². The van der Waals surface area contributed by atoms with Crippen LogP contribution in [0.4, 0.5) is 30.4 Å². The third-order valence-electron chi connectivity index (χ3n) is 6.81. The molecule has 13 heteroatoms. The lowest BCUT2D eigenvalue weighted by atomic mass is 10.1. The van der Waals surface area contributed by atoms with E-state index in [-0.39, 0.29) is 33.9 Å². The highest BCUT2D eigenvalue weighted by atomic mass is 35.5. The molecule has 2 aliphatic heterocycles. The second kappa shape index (κ2) is 11.4. The number of likely N-dealkylation sites (N-methyl/N-ethyl adjacent to an activating group) is 1. The lowest BCUT2D eigenvalue weighted by molar-refractivity contribution is -0.137. The van der Waals surface area contributed by atoms with Crippen molar-refractivity contribution in [3.05, 3.63) is 58.9 Å². The van der Waals surface area contributed by atoms with Crippen LogP contribution in [0.15, 0.2) is 42.7 Å². The molecule has 0 aliphatic carbocycles. The Bertz CT molecular complexity index is 1400. The molecule has 3 heterocycles. The predicted octanol–water partition coefficient (Wildman–Crippen LogP) is 5.53. The van der Waals surface area contributed by atoms with Crippen LogP contribution in [0.3, 0.4) is 0 Å². The summed E-state index contributed by atoms with van der Waals surface area (Å²) >= 11 is 6.34. The first-order chi connectivity index (χ1) is 19.1. The molecule has 0 saturated carbocycles. The van der Waals surface area contributed by atoms with E-state index < -0.39 is 17.6 Å². The largest absolute Gasteiger partial charge is 0.483 e. The van der Waals surface area contributed by atoms with Gasteiger partial charge in [-0.05, 0) is 49.9 Å². The number of ether oxygens (including phenoxy) is 2. The SMILES string of the molecule is CC[C@@H]1COc2c(ncnc2Oc2cc(C(=O)Nc3cc(N4CCN(C)CC4)cc(C(F)(F)F)c3)ccc2Cl)N1. The van der Waals surface area contributed by atoms with Gasteiger partial charge >= 0.3 is 6.18 Å². The highest BCUT2D eigenvalue weighted by molar-refractivity contribution is 6.32. The van der Waals surface area contributed by atoms with Crippen molar-refractivity contribution in [2.75, 3.05) is 55.4 Å². The van der Waals surface area contributed by atoms with Crippen molar-refractivity contribution in [1.29, 1.82) is 0 Å². The minimum atomic E-state index is -4.58. The zero-order valence-corrected chi connectivity index (χ0v) is 22.6. The molecule has 2 aromatic carbocycles. The van der Waals surface area contributed by atoms with Crippen molar-refractivity contribution in [1.82, 2.24) is 14.9 Å². The van der Waals surface area contributed by atoms with E-state index in [9.17, 15) is 18.0 Å². The Kier molecular flexibility index (Phi) is 7.90. The molecule has 0 bridgehead atoms. The van der Waals surface area contributed by atoms with E-state index in [1.807, 2.05) is 18.9 Å². The topological polar surface area (TPSA) is 91.8 Å². The molecule has 1 aromatic heterocycles. The number of nitrogens with one attached hydrogen (secondary N) is 2. The maximum Gasteiger partial charge on any atom is 0.416 e. The van der Waals surface area contributed by atoms with E-state index in [0.29, 0.717) is 37.0 Å². The zero-order valence-electron chi connectivity index (χ0n) is 21.9. The van der Waals surface area contributed by atoms with Crippen molar-refractivity contribution in [2.45, 2.75) is 25.6 Å². The Hall–Kier alpha value is -3.77. The van der Waals surface area contributed by atoms with Gasteiger partial charge in [0.1, 0.15) is 18.7 Å². The highest BCUT2D eigenvalue weighted by Crippen LogP contribution is 2.40. The van der Waals surface area contributed by atoms with Crippen molar-refractivity contribution >= 4 is 34.7 Å². The quantitative estimate of drug-likeness (QED) is 0.396. The van der Waals surface area contributed by atoms with Gasteiger partial charge in [0, 0.05) is 43.1 Å². The van der Waals surface area contributed by atoms with Gasteiger partial charge in [0.25, 0.3) is 11.8 Å². The second-order valence-electron chi connectivity index (χ2n) is 9.68. The maximum absolute atomic E-state index is 13.7. The van der Waals surface area contributed by atoms with Gasteiger partial charge in [-0.15, -0.1) is 0 Å². The van der Waals surface area contributed by atoms with Crippen molar-refractivity contribution in [3.63, 3.8) is 0 Å². The number of hydrogen-bond donors (Lipinski definition) is 2. The fourth-order valence-electron chi connectivity index (χ4n) is 4.43. The fourth-order valence-corrected chi connectivity index (χ4v) is 4.58. The Morgan fingerprint density at radius 3 is 2.67 bits per heavy atom. The number of rotatable bonds is 6. The average molecular weight is 577 g/mol. The molecule has 212 valence electrons. The normalized spacial score (nSPS) is 17.4. The number of hydrogen-bond acceptors (Lipinski definition) is 8. The molecule has 1 saturated heterocycles. The van der Waals surface area contributed by atoms with Crippen LogP contribution in [-0.4, -0.2) is 66.7 Å². The summed E-state index contributed by atoms with van der Waals surface area (Å²) in [6.45, 7) is 5.02. The van der Waals surface area contributed by atoms with Crippen LogP contribution in [0.25, 0.3) is 0 Å². The standard InChI is InChI=1S/C27H28ClF3N6O3/c1-3-18-14-39-23-24(34-18)32-15-33-26(23)40-22-10-16(4-5-21(22)28)25(38)35-19-11-17(27(29,30)31)12-20(13-19)37-8-6-36(2)7-9-37/h4-5,10-13,15,18H,3,6-9,14H2,1-2H3,(H,35,38)(H,32,33,34)/t18-/m1/s1. The number of alkyl halides is 3. The average Bonchev–Trinajstić information content (AvgIpc) is 2.93. The molecule has 0 radical (unpaired) electrons. The Labute approximate surface area is 234 Å². The van der Waals surface area contributed by atoms with Gasteiger partial charge in [-0.3, -0.25) is 4.79 Å². The first-order valence-corrected chi connectivity index (χ1v) is 13.2. The van der Waals surface area contributed by atoms with Gasteiger partial charge in [0.05, 0.1) is 16.6 Å². The van der Waals surface area contributed by atoms with Gasteiger partial charge in [0.15, 0.2) is 5.82 Å². The molecule has 0 spiro atoms. The first-order valence-electron chi connectivity index (χ1n) is 12.8. The molecular weight excluding hydrogens is 549 g/mol. The van der Waals surface area contributed by atoms with Crippen LogP contribution in [0.5, 0.6) is 17.4 Å². The summed E-state index contributed by atoms with van der Waals surface area (Å²) < 4.78 is 52.8. The minimum Gasteiger partial charge on any atom is -0.483 e. The van der Waals surface area contributed by atoms with E-state index in [2.05, 4.69) is 25.5 Å². The fraction of sp³-hybridized carbons (Fsp3) is 0.370. The molecule has 3 aromatic rings. The number of halogens is 4. The third-order valence-corrected chi connectivity index (χ3v) is 7.12. The third kappa shape index (κ3) is 6.18. The summed E-state index contributed by atoms with van der Waals surface area (Å²) in [5.74, 6) is 0.408. The number of carbonyl (C=O) groups excluding carboxylic acids is 1. The predicted molar refractivity (Wildman–Crippen MR) is 146 cm³/mol. The van der Waals surface area contributed by atoms with Crippen LogP contribution < -0.4 is 25.0 Å². The minimum absolute atomic E-state index is 0.0287. The van der Waals surface area contributed by atoms with Crippen molar-refractivity contribution in [2.24, 2.45) is 0 Å². The van der Waals surface area contributed by atoms with Crippen LogP contribution in [0.2, 0.25) is 5.02 Å². The number of aromatic nitrogens is 2. The number of carbonyl (C=O) groups is 1. The van der Waals surface area contributed by atoms with Crippen molar-refractivity contribution in [3.8, 4) is 17.4 Å². The number of fused-ring (bicyclic) bond motifs is 1. The summed E-state index contributed by atoms with van der Waals surface area (Å²) in [4.78, 5) is 25.5. The van der Waals surface area contributed by atoms with Gasteiger partial charge in [-0.2, -0.15) is 18.2 Å². The van der Waals surface area contributed by atoms with E-state index in [0.717, 1.165) is 31.6 Å². The molecule has 1 fully saturated rings. The van der Waals surface area contributed by atoms with Gasteiger partial charge in [0.2, 0.25) is 5.75 Å². The second-order valence-corrected chi connectivity index (χ2v) is 10.1. The smallest absolute Gasteiger partial charge is 0.416 e. The molecule has 1 amide bonds. The molecule has 5 rings (SSSR count). The number of nitrogens with zero attached hydrogens (tertiary/aromatic N) is 4. The summed E-state index contributed by atoms with van der Waals surface area (Å²) in [5, 5.41) is 6.05. The van der Waals surface area contributed by atoms with E-state index in [4.69, 9.17) is 21.1 Å². The summed E-state index contributed by atoms with van der Waals surface area (Å²) in [5.41, 5.74) is -0.287. The van der Waals surface area contributed by atoms with E-state index in [1.165, 1.54) is 24.5 Å². The van der Waals surface area contributed by atoms with Crippen LogP contribution >= 0.6 is 11.6 Å². The maximum atomic E-state index is 13.7. The lowest BCUT2D eigenvalue weighted by Crippen LogP contribution is -2.44. The Morgan fingerprint density at radius 2 is 1.95 bits per heavy atom. The number of amides is 1. The molecule has 9 nitrogen and oxygen atoms in total. The molecule has 0 unspecified atom stereocenters. The number of piperazine rings is 1. The molecule has 2 N–H and O–H groups in total. The van der Waals surface area contributed by atoms with E-state index in [1.54, 1.807) is 6.07 Å². The lowest BCUT2D eigenvalue weighted by Gasteiger charge is -2.34. The van der Waals surface area contributed by atoms with Gasteiger partial charge in [-0.1, -0.05) is 18.5 Å². The Balaban J connectivity index is 1.38. The van der Waals surface area contributed by atoms with Gasteiger partial charge in [-0.25, -0.2) is 4.98 Å². The molecule has 1 atom stereocenters. The molecule has 2 aliphatic rings. The highest BCUT2D eigenvalue weighted by Gasteiger charge is 2.32. The van der Waals surface area contributed by atoms with E-state index >= 15 is 0 Å². The number of anilines is 3. The first kappa shape index (κ1) is 27.8. The summed E-state index contributed by atoms with van der Waals surface area (Å²) in [7, 11) is 1.96. The molecular formula is C27H28ClF3N6O3. The Morgan fingerprint density at radius 1 is 1.18 bits per heavy atom. The summed E-state index contributed by atoms with van der Waals surface area (Å²) in [6, 6.07) is 7.99. The monoisotopic (exact) mass is 576 g/mol.